The molecule has 0 radical (unpaired) electrons. The van der Waals surface area contributed by atoms with E-state index < -0.39 is 24.1 Å². The Balaban J connectivity index is 1.27. The van der Waals surface area contributed by atoms with E-state index in [1.54, 1.807) is 0 Å². The second-order valence-electron chi connectivity index (χ2n) is 9.47. The second-order valence-corrected chi connectivity index (χ2v) is 10.6. The van der Waals surface area contributed by atoms with E-state index in [4.69, 9.17) is 4.74 Å². The lowest BCUT2D eigenvalue weighted by molar-refractivity contribution is -0.150. The Kier molecular flexibility index (Phi) is 6.73. The lowest BCUT2D eigenvalue weighted by Crippen LogP contribution is -2.54. The molecule has 2 fully saturated rings. The monoisotopic (exact) mass is 494 g/mol. The number of nitrogens with zero attached hydrogens (tertiary/aromatic N) is 1. The van der Waals surface area contributed by atoms with Crippen LogP contribution in [0.1, 0.15) is 49.7 Å². The first-order valence-electron chi connectivity index (χ1n) is 12.3. The molecule has 0 spiro atoms. The van der Waals surface area contributed by atoms with E-state index in [0.29, 0.717) is 24.5 Å². The number of hydrogen-bond donors (Lipinski definition) is 2. The minimum absolute atomic E-state index is 0.0703. The third kappa shape index (κ3) is 4.63. The molecule has 1 heterocycles. The van der Waals surface area contributed by atoms with Crippen molar-refractivity contribution >= 4 is 29.7 Å². The van der Waals surface area contributed by atoms with Crippen LogP contribution in [0, 0.1) is 5.92 Å². The van der Waals surface area contributed by atoms with Gasteiger partial charge >= 0.3 is 12.1 Å². The lowest BCUT2D eigenvalue weighted by atomic mass is 9.98. The number of benzene rings is 2. The van der Waals surface area contributed by atoms with Gasteiger partial charge in [-0.1, -0.05) is 61.9 Å². The first kappa shape index (κ1) is 23.7. The van der Waals surface area contributed by atoms with Gasteiger partial charge in [0.25, 0.3) is 0 Å². The van der Waals surface area contributed by atoms with E-state index >= 15 is 0 Å². The maximum atomic E-state index is 13.5. The predicted octanol–water partition coefficient (Wildman–Crippen LogP) is 4.46. The molecule has 1 saturated carbocycles. The summed E-state index contributed by atoms with van der Waals surface area (Å²) in [5, 5.41) is 12.3. The topological polar surface area (TPSA) is 95.9 Å². The number of rotatable bonds is 8. The molecule has 2 N–H and O–H groups in total. The number of aliphatic carboxylic acids is 1. The zero-order valence-electron chi connectivity index (χ0n) is 19.7. The Labute approximate surface area is 209 Å². The summed E-state index contributed by atoms with van der Waals surface area (Å²) in [6.45, 7) is 2.10. The van der Waals surface area contributed by atoms with Crippen LogP contribution in [-0.4, -0.2) is 57.8 Å². The molecule has 5 rings (SSSR count). The van der Waals surface area contributed by atoms with E-state index in [1.165, 1.54) is 16.7 Å². The van der Waals surface area contributed by atoms with E-state index in [-0.39, 0.29) is 23.8 Å². The number of carbonyl (C=O) groups is 3. The number of thioether (sulfide) groups is 1. The summed E-state index contributed by atoms with van der Waals surface area (Å²) in [6, 6.07) is 14.6. The number of carboxylic acid groups (broad SMARTS) is 1. The number of carbonyl (C=O) groups excluding carboxylic acids is 2. The van der Waals surface area contributed by atoms with Gasteiger partial charge in [0.2, 0.25) is 5.91 Å². The van der Waals surface area contributed by atoms with Gasteiger partial charge in [-0.25, -0.2) is 9.59 Å². The Morgan fingerprint density at radius 2 is 1.71 bits per heavy atom. The number of alkyl carbamates (subject to hydrolysis) is 1. The van der Waals surface area contributed by atoms with Gasteiger partial charge in [-0.05, 0) is 47.4 Å². The maximum Gasteiger partial charge on any atom is 0.407 e. The lowest BCUT2D eigenvalue weighted by Gasteiger charge is -2.31. The smallest absolute Gasteiger partial charge is 0.407 e. The standard InChI is InChI=1S/C27H30N2O5S/c1-2-7-22(24(30)29-23(26(31)32)15-35-25(29)16-12-13-16)28-27(33)34-14-21-19-10-5-3-8-17(19)18-9-4-6-11-20(18)21/h3-6,8-11,16,21-23,25H,2,7,12-15H2,1H3,(H,28,33)(H,31,32)/t22-,23?,25?/m1/s1. The zero-order chi connectivity index (χ0) is 24.5. The summed E-state index contributed by atoms with van der Waals surface area (Å²) in [7, 11) is 0. The molecule has 0 aromatic heterocycles. The molecule has 8 heteroatoms. The van der Waals surface area contributed by atoms with Crippen molar-refractivity contribution in [1.29, 1.82) is 0 Å². The molecule has 2 unspecified atom stereocenters. The first-order valence-corrected chi connectivity index (χ1v) is 13.3. The average molecular weight is 495 g/mol. The summed E-state index contributed by atoms with van der Waals surface area (Å²) in [5.74, 6) is -0.671. The van der Waals surface area contributed by atoms with Crippen molar-refractivity contribution in [2.24, 2.45) is 5.92 Å². The molecule has 2 aromatic rings. The fourth-order valence-corrected chi connectivity index (χ4v) is 6.89. The highest BCUT2D eigenvalue weighted by molar-refractivity contribution is 8.00. The normalized spacial score (nSPS) is 21.8. The van der Waals surface area contributed by atoms with E-state index in [2.05, 4.69) is 29.6 Å². The number of carboxylic acids is 1. The van der Waals surface area contributed by atoms with Crippen molar-refractivity contribution in [1.82, 2.24) is 10.2 Å². The largest absolute Gasteiger partial charge is 0.480 e. The summed E-state index contributed by atoms with van der Waals surface area (Å²) < 4.78 is 5.65. The van der Waals surface area contributed by atoms with E-state index in [9.17, 15) is 19.5 Å². The van der Waals surface area contributed by atoms with Crippen molar-refractivity contribution in [3.63, 3.8) is 0 Å². The molecule has 35 heavy (non-hydrogen) atoms. The van der Waals surface area contributed by atoms with Gasteiger partial charge in [-0.15, -0.1) is 11.8 Å². The summed E-state index contributed by atoms with van der Waals surface area (Å²) >= 11 is 1.53. The van der Waals surface area contributed by atoms with Crippen molar-refractivity contribution < 1.29 is 24.2 Å². The zero-order valence-corrected chi connectivity index (χ0v) is 20.5. The Morgan fingerprint density at radius 3 is 2.29 bits per heavy atom. The molecule has 1 saturated heterocycles. The van der Waals surface area contributed by atoms with Gasteiger partial charge in [0.05, 0.1) is 5.37 Å². The van der Waals surface area contributed by atoms with Crippen LogP contribution in [0.15, 0.2) is 48.5 Å². The third-order valence-electron chi connectivity index (χ3n) is 7.11. The molecule has 3 aliphatic rings. The molecule has 184 valence electrons. The van der Waals surface area contributed by atoms with Gasteiger partial charge in [-0.2, -0.15) is 0 Å². The van der Waals surface area contributed by atoms with Crippen molar-refractivity contribution in [2.45, 2.75) is 56.0 Å². The summed E-state index contributed by atoms with van der Waals surface area (Å²) in [4.78, 5) is 39.7. The van der Waals surface area contributed by atoms with Crippen LogP contribution < -0.4 is 5.32 Å². The highest BCUT2D eigenvalue weighted by Gasteiger charge is 2.49. The van der Waals surface area contributed by atoms with Gasteiger partial charge in [0.1, 0.15) is 18.7 Å². The minimum Gasteiger partial charge on any atom is -0.480 e. The van der Waals surface area contributed by atoms with Crippen LogP contribution in [0.5, 0.6) is 0 Å². The van der Waals surface area contributed by atoms with Gasteiger partial charge < -0.3 is 20.1 Å². The quantitative estimate of drug-likeness (QED) is 0.563. The highest BCUT2D eigenvalue weighted by Crippen LogP contribution is 2.46. The Bertz CT molecular complexity index is 1090. The van der Waals surface area contributed by atoms with Crippen LogP contribution in [-0.2, 0) is 14.3 Å². The summed E-state index contributed by atoms with van der Waals surface area (Å²) in [6.07, 6.45) is 2.46. The van der Waals surface area contributed by atoms with Crippen molar-refractivity contribution in [2.75, 3.05) is 12.4 Å². The Morgan fingerprint density at radius 1 is 1.09 bits per heavy atom. The average Bonchev–Trinajstić information content (AvgIpc) is 3.52. The fourth-order valence-electron chi connectivity index (χ4n) is 5.25. The fraction of sp³-hybridized carbons (Fsp3) is 0.444. The molecule has 3 atom stereocenters. The molecule has 0 bridgehead atoms. The number of amides is 2. The number of fused-ring (bicyclic) bond motifs is 3. The van der Waals surface area contributed by atoms with Crippen LogP contribution in [0.3, 0.4) is 0 Å². The Hall–Kier alpha value is -3.00. The summed E-state index contributed by atoms with van der Waals surface area (Å²) in [5.41, 5.74) is 4.53. The van der Waals surface area contributed by atoms with Gasteiger partial charge in [-0.3, -0.25) is 4.79 Å². The van der Waals surface area contributed by atoms with Crippen LogP contribution in [0.4, 0.5) is 4.79 Å². The van der Waals surface area contributed by atoms with Crippen LogP contribution >= 0.6 is 11.8 Å². The number of nitrogens with one attached hydrogen (secondary N) is 1. The molecule has 7 nitrogen and oxygen atoms in total. The molecule has 2 aromatic carbocycles. The minimum atomic E-state index is -0.995. The molecular formula is C27H30N2O5S. The second kappa shape index (κ2) is 9.93. The SMILES string of the molecule is CCC[C@@H](NC(=O)OCC1c2ccccc2-c2ccccc21)C(=O)N1C(C(=O)O)CSC1C1CC1. The molecule has 2 aliphatic carbocycles. The van der Waals surface area contributed by atoms with Crippen molar-refractivity contribution in [3.8, 4) is 11.1 Å². The predicted molar refractivity (Wildman–Crippen MR) is 134 cm³/mol. The van der Waals surface area contributed by atoms with Crippen LogP contribution in [0.2, 0.25) is 0 Å². The van der Waals surface area contributed by atoms with E-state index in [1.807, 2.05) is 31.2 Å². The number of ether oxygens (including phenoxy) is 1. The molecule has 2 amide bonds. The molecular weight excluding hydrogens is 464 g/mol. The number of hydrogen-bond acceptors (Lipinski definition) is 5. The maximum absolute atomic E-state index is 13.5. The van der Waals surface area contributed by atoms with Crippen molar-refractivity contribution in [3.05, 3.63) is 59.7 Å². The first-order chi connectivity index (χ1) is 17.0. The highest BCUT2D eigenvalue weighted by atomic mass is 32.2. The van der Waals surface area contributed by atoms with Gasteiger partial charge in [0.15, 0.2) is 0 Å². The molecule has 1 aliphatic heterocycles. The van der Waals surface area contributed by atoms with Crippen LogP contribution in [0.25, 0.3) is 11.1 Å². The third-order valence-corrected chi connectivity index (χ3v) is 8.57. The van der Waals surface area contributed by atoms with E-state index in [0.717, 1.165) is 35.1 Å². The van der Waals surface area contributed by atoms with Gasteiger partial charge in [0, 0.05) is 11.7 Å².